The second-order valence-electron chi connectivity index (χ2n) is 5.38. The minimum absolute atomic E-state index is 0.00346. The van der Waals surface area contributed by atoms with Crippen molar-refractivity contribution in [1.29, 1.82) is 0 Å². The molecular formula is C17H17ClN2O2. The maximum absolute atomic E-state index is 12.8. The standard InChI is InChI=1S/C17H17ClN2O2/c1-12-11-22-15(13-6-3-2-4-7-13)10-20(12)17(21)14-8-5-9-19-16(14)18/h2-9,12,15H,10-11H2,1H3/t12-,15+/m1/s1. The number of morpholine rings is 1. The number of carbonyl (C=O) groups is 1. The Morgan fingerprint density at radius 1 is 1.27 bits per heavy atom. The maximum atomic E-state index is 12.8. The van der Waals surface area contributed by atoms with E-state index < -0.39 is 0 Å². The first-order chi connectivity index (χ1) is 10.7. The Morgan fingerprint density at radius 2 is 2.05 bits per heavy atom. The van der Waals surface area contributed by atoms with Crippen molar-refractivity contribution >= 4 is 17.5 Å². The number of halogens is 1. The summed E-state index contributed by atoms with van der Waals surface area (Å²) in [6, 6.07) is 13.4. The summed E-state index contributed by atoms with van der Waals surface area (Å²) >= 11 is 6.05. The fourth-order valence-electron chi connectivity index (χ4n) is 2.61. The second kappa shape index (κ2) is 6.46. The number of rotatable bonds is 2. The normalized spacial score (nSPS) is 21.6. The highest BCUT2D eigenvalue weighted by Gasteiger charge is 2.31. The first-order valence-electron chi connectivity index (χ1n) is 7.25. The number of amides is 1. The number of aromatic nitrogens is 1. The lowest BCUT2D eigenvalue weighted by Crippen LogP contribution is -2.48. The van der Waals surface area contributed by atoms with Gasteiger partial charge in [0.05, 0.1) is 24.8 Å². The molecule has 5 heteroatoms. The molecule has 0 spiro atoms. The molecular weight excluding hydrogens is 300 g/mol. The molecule has 22 heavy (non-hydrogen) atoms. The summed E-state index contributed by atoms with van der Waals surface area (Å²) in [5.74, 6) is -0.102. The van der Waals surface area contributed by atoms with E-state index in [1.165, 1.54) is 0 Å². The lowest BCUT2D eigenvalue weighted by atomic mass is 10.1. The van der Waals surface area contributed by atoms with Gasteiger partial charge in [-0.2, -0.15) is 0 Å². The molecule has 1 aliphatic heterocycles. The third kappa shape index (κ3) is 2.98. The van der Waals surface area contributed by atoms with Gasteiger partial charge < -0.3 is 9.64 Å². The van der Waals surface area contributed by atoms with E-state index in [2.05, 4.69) is 4.98 Å². The Balaban J connectivity index is 1.83. The number of ether oxygens (including phenoxy) is 1. The lowest BCUT2D eigenvalue weighted by Gasteiger charge is -2.38. The fraction of sp³-hybridized carbons (Fsp3) is 0.294. The minimum Gasteiger partial charge on any atom is -0.370 e. The molecule has 0 aliphatic carbocycles. The lowest BCUT2D eigenvalue weighted by molar-refractivity contribution is -0.0486. The Bertz CT molecular complexity index is 663. The van der Waals surface area contributed by atoms with Gasteiger partial charge in [-0.25, -0.2) is 4.98 Å². The summed E-state index contributed by atoms with van der Waals surface area (Å²) in [5, 5.41) is 0.238. The molecule has 1 saturated heterocycles. The van der Waals surface area contributed by atoms with Crippen LogP contribution in [0.1, 0.15) is 28.9 Å². The Hall–Kier alpha value is -1.91. The van der Waals surface area contributed by atoms with Crippen LogP contribution in [0.15, 0.2) is 48.7 Å². The van der Waals surface area contributed by atoms with Gasteiger partial charge in [-0.05, 0) is 24.6 Å². The third-order valence-corrected chi connectivity index (χ3v) is 4.16. The number of pyridine rings is 1. The van der Waals surface area contributed by atoms with E-state index in [0.717, 1.165) is 5.56 Å². The molecule has 0 saturated carbocycles. The smallest absolute Gasteiger partial charge is 0.257 e. The monoisotopic (exact) mass is 316 g/mol. The first kappa shape index (κ1) is 15.0. The summed E-state index contributed by atoms with van der Waals surface area (Å²) in [6.45, 7) is 2.99. The van der Waals surface area contributed by atoms with Gasteiger partial charge in [0.25, 0.3) is 5.91 Å². The molecule has 3 rings (SSSR count). The number of hydrogen-bond acceptors (Lipinski definition) is 3. The van der Waals surface area contributed by atoms with Crippen LogP contribution in [0.3, 0.4) is 0 Å². The number of carbonyl (C=O) groups excluding carboxylic acids is 1. The van der Waals surface area contributed by atoms with Gasteiger partial charge in [-0.1, -0.05) is 41.9 Å². The van der Waals surface area contributed by atoms with Gasteiger partial charge in [0.15, 0.2) is 0 Å². The average Bonchev–Trinajstić information content (AvgIpc) is 2.56. The quantitative estimate of drug-likeness (QED) is 0.798. The first-order valence-corrected chi connectivity index (χ1v) is 7.62. The highest BCUT2D eigenvalue weighted by molar-refractivity contribution is 6.32. The molecule has 2 heterocycles. The van der Waals surface area contributed by atoms with Crippen LogP contribution in [0.2, 0.25) is 5.15 Å². The van der Waals surface area contributed by atoms with Crippen LogP contribution in [0.25, 0.3) is 0 Å². The van der Waals surface area contributed by atoms with Crippen molar-refractivity contribution in [3.05, 3.63) is 64.9 Å². The van der Waals surface area contributed by atoms with Crippen molar-refractivity contribution in [3.8, 4) is 0 Å². The summed E-state index contributed by atoms with van der Waals surface area (Å²) in [4.78, 5) is 18.5. The van der Waals surface area contributed by atoms with E-state index in [0.29, 0.717) is 18.7 Å². The molecule has 4 nitrogen and oxygen atoms in total. The predicted octanol–water partition coefficient (Wildman–Crippen LogP) is 3.34. The summed E-state index contributed by atoms with van der Waals surface area (Å²) in [7, 11) is 0. The minimum atomic E-state index is -0.114. The zero-order valence-electron chi connectivity index (χ0n) is 12.3. The van der Waals surface area contributed by atoms with Crippen molar-refractivity contribution in [2.75, 3.05) is 13.2 Å². The zero-order chi connectivity index (χ0) is 15.5. The van der Waals surface area contributed by atoms with Gasteiger partial charge >= 0.3 is 0 Å². The molecule has 0 radical (unpaired) electrons. The molecule has 1 amide bonds. The molecule has 1 aliphatic rings. The van der Waals surface area contributed by atoms with Crippen LogP contribution in [0.4, 0.5) is 0 Å². The van der Waals surface area contributed by atoms with Crippen LogP contribution in [-0.4, -0.2) is 35.0 Å². The molecule has 114 valence electrons. The van der Waals surface area contributed by atoms with Gasteiger partial charge in [0.2, 0.25) is 0 Å². The van der Waals surface area contributed by atoms with E-state index in [4.69, 9.17) is 16.3 Å². The van der Waals surface area contributed by atoms with Crippen molar-refractivity contribution in [2.45, 2.75) is 19.1 Å². The van der Waals surface area contributed by atoms with E-state index >= 15 is 0 Å². The highest BCUT2D eigenvalue weighted by atomic mass is 35.5. The Kier molecular flexibility index (Phi) is 4.41. The zero-order valence-corrected chi connectivity index (χ0v) is 13.0. The summed E-state index contributed by atoms with van der Waals surface area (Å²) in [5.41, 5.74) is 1.51. The molecule has 1 fully saturated rings. The van der Waals surface area contributed by atoms with E-state index in [1.807, 2.05) is 42.2 Å². The largest absolute Gasteiger partial charge is 0.370 e. The molecule has 2 aromatic rings. The maximum Gasteiger partial charge on any atom is 0.257 e. The molecule has 0 unspecified atom stereocenters. The summed E-state index contributed by atoms with van der Waals surface area (Å²) < 4.78 is 5.88. The van der Waals surface area contributed by atoms with Crippen LogP contribution in [0, 0.1) is 0 Å². The number of nitrogens with zero attached hydrogens (tertiary/aromatic N) is 2. The third-order valence-electron chi connectivity index (χ3n) is 3.85. The average molecular weight is 317 g/mol. The van der Waals surface area contributed by atoms with Crippen LogP contribution in [0.5, 0.6) is 0 Å². The topological polar surface area (TPSA) is 42.4 Å². The molecule has 1 aromatic heterocycles. The highest BCUT2D eigenvalue weighted by Crippen LogP contribution is 2.27. The van der Waals surface area contributed by atoms with Crippen molar-refractivity contribution < 1.29 is 9.53 Å². The molecule has 0 N–H and O–H groups in total. The van der Waals surface area contributed by atoms with Crippen molar-refractivity contribution in [1.82, 2.24) is 9.88 Å². The Morgan fingerprint density at radius 3 is 2.77 bits per heavy atom. The molecule has 2 atom stereocenters. The van der Waals surface area contributed by atoms with E-state index in [1.54, 1.807) is 18.3 Å². The fourth-order valence-corrected chi connectivity index (χ4v) is 2.81. The second-order valence-corrected chi connectivity index (χ2v) is 5.74. The number of benzene rings is 1. The van der Waals surface area contributed by atoms with Crippen molar-refractivity contribution in [2.24, 2.45) is 0 Å². The van der Waals surface area contributed by atoms with Gasteiger partial charge in [-0.15, -0.1) is 0 Å². The Labute approximate surface area is 134 Å². The SMILES string of the molecule is C[C@@H]1CO[C@H](c2ccccc2)CN1C(=O)c1cccnc1Cl. The molecule has 1 aromatic carbocycles. The van der Waals surface area contributed by atoms with Crippen LogP contribution in [-0.2, 0) is 4.74 Å². The predicted molar refractivity (Wildman–Crippen MR) is 84.9 cm³/mol. The molecule has 0 bridgehead atoms. The van der Waals surface area contributed by atoms with Gasteiger partial charge in [0, 0.05) is 6.20 Å². The number of hydrogen-bond donors (Lipinski definition) is 0. The van der Waals surface area contributed by atoms with Crippen molar-refractivity contribution in [3.63, 3.8) is 0 Å². The summed E-state index contributed by atoms with van der Waals surface area (Å²) in [6.07, 6.45) is 1.46. The van der Waals surface area contributed by atoms with E-state index in [9.17, 15) is 4.79 Å². The van der Waals surface area contributed by atoms with Crippen LogP contribution < -0.4 is 0 Å². The van der Waals surface area contributed by atoms with Gasteiger partial charge in [0.1, 0.15) is 11.3 Å². The van der Waals surface area contributed by atoms with Gasteiger partial charge in [-0.3, -0.25) is 4.79 Å². The van der Waals surface area contributed by atoms with E-state index in [-0.39, 0.29) is 23.2 Å². The van der Waals surface area contributed by atoms with Crippen LogP contribution >= 0.6 is 11.6 Å².